The molecule has 0 aliphatic rings. The quantitative estimate of drug-likeness (QED) is 0.645. The van der Waals surface area contributed by atoms with Crippen LogP contribution in [0.15, 0.2) is 53.9 Å². The van der Waals surface area contributed by atoms with Gasteiger partial charge in [0, 0.05) is 16.5 Å². The largest absolute Gasteiger partial charge is 0.294 e. The number of hydrogen-bond acceptors (Lipinski definition) is 3. The number of rotatable bonds is 4. The number of carbonyl (C=O) groups is 1. The molecule has 0 saturated heterocycles. The van der Waals surface area contributed by atoms with Gasteiger partial charge in [-0.2, -0.15) is 0 Å². The zero-order valence-corrected chi connectivity index (χ0v) is 13.5. The summed E-state index contributed by atoms with van der Waals surface area (Å²) in [5, 5.41) is 2.88. The highest BCUT2D eigenvalue weighted by molar-refractivity contribution is 7.10. The van der Waals surface area contributed by atoms with Crippen molar-refractivity contribution in [1.82, 2.24) is 4.98 Å². The van der Waals surface area contributed by atoms with Gasteiger partial charge in [-0.05, 0) is 13.8 Å². The van der Waals surface area contributed by atoms with Gasteiger partial charge in [0.15, 0.2) is 5.78 Å². The van der Waals surface area contributed by atoms with Crippen LogP contribution in [0.1, 0.15) is 26.5 Å². The molecule has 2 aromatic carbocycles. The number of ketones is 1. The second-order valence-corrected chi connectivity index (χ2v) is 6.40. The third-order valence-corrected chi connectivity index (χ3v) is 4.43. The van der Waals surface area contributed by atoms with Gasteiger partial charge in [0.05, 0.1) is 12.1 Å². The Morgan fingerprint density at radius 2 is 1.55 bits per heavy atom. The molecule has 0 atom stereocenters. The number of aryl methyl sites for hydroxylation is 2. The molecule has 0 fully saturated rings. The van der Waals surface area contributed by atoms with E-state index in [1.807, 2.05) is 36.6 Å². The highest BCUT2D eigenvalue weighted by Gasteiger charge is 2.11. The van der Waals surface area contributed by atoms with Crippen molar-refractivity contribution in [3.05, 3.63) is 75.6 Å². The van der Waals surface area contributed by atoms with Crippen molar-refractivity contribution in [3.8, 4) is 11.3 Å². The van der Waals surface area contributed by atoms with Crippen molar-refractivity contribution < 1.29 is 4.79 Å². The van der Waals surface area contributed by atoms with E-state index < -0.39 is 0 Å². The second kappa shape index (κ2) is 6.24. The maximum atomic E-state index is 12.3. The lowest BCUT2D eigenvalue weighted by atomic mass is 10.1. The third kappa shape index (κ3) is 3.31. The van der Waals surface area contributed by atoms with Gasteiger partial charge < -0.3 is 0 Å². The fraction of sp³-hybridized carbons (Fsp3) is 0.158. The van der Waals surface area contributed by atoms with E-state index in [2.05, 4.69) is 36.2 Å². The average molecular weight is 307 g/mol. The first kappa shape index (κ1) is 14.7. The summed E-state index contributed by atoms with van der Waals surface area (Å²) in [6.07, 6.45) is 0.361. The maximum Gasteiger partial charge on any atom is 0.169 e. The predicted molar refractivity (Wildman–Crippen MR) is 91.5 cm³/mol. The Kier molecular flexibility index (Phi) is 4.16. The number of hydrogen-bond donors (Lipinski definition) is 0. The van der Waals surface area contributed by atoms with E-state index in [1.54, 1.807) is 11.3 Å². The van der Waals surface area contributed by atoms with Gasteiger partial charge in [0.2, 0.25) is 0 Å². The van der Waals surface area contributed by atoms with E-state index in [1.165, 1.54) is 5.56 Å². The van der Waals surface area contributed by atoms with Gasteiger partial charge in [-0.25, -0.2) is 4.98 Å². The predicted octanol–water partition coefficient (Wildman–Crippen LogP) is 4.85. The minimum atomic E-state index is 0.116. The standard InChI is InChI=1S/C19H17NOS/c1-13-3-7-15(8-4-13)17-12-22-19(20-17)11-18(21)16-9-5-14(2)6-10-16/h3-10,12H,11H2,1-2H3. The van der Waals surface area contributed by atoms with Gasteiger partial charge in [0.1, 0.15) is 5.01 Å². The summed E-state index contributed by atoms with van der Waals surface area (Å²) in [5.41, 5.74) is 5.17. The zero-order valence-electron chi connectivity index (χ0n) is 12.7. The molecule has 0 aliphatic heterocycles. The van der Waals surface area contributed by atoms with Crippen molar-refractivity contribution in [2.75, 3.05) is 0 Å². The maximum absolute atomic E-state index is 12.3. The van der Waals surface area contributed by atoms with Crippen LogP contribution in [-0.4, -0.2) is 10.8 Å². The summed E-state index contributed by atoms with van der Waals surface area (Å²) in [7, 11) is 0. The summed E-state index contributed by atoms with van der Waals surface area (Å²) in [6, 6.07) is 16.0. The molecule has 1 aromatic heterocycles. The summed E-state index contributed by atoms with van der Waals surface area (Å²) in [4.78, 5) is 16.9. The molecule has 3 aromatic rings. The molecule has 3 heteroatoms. The van der Waals surface area contributed by atoms with Crippen molar-refractivity contribution in [3.63, 3.8) is 0 Å². The van der Waals surface area contributed by atoms with Crippen LogP contribution in [0.5, 0.6) is 0 Å². The van der Waals surface area contributed by atoms with Crippen LogP contribution in [0.3, 0.4) is 0 Å². The molecule has 3 rings (SSSR count). The molecule has 0 aliphatic carbocycles. The summed E-state index contributed by atoms with van der Waals surface area (Å²) < 4.78 is 0. The fourth-order valence-corrected chi connectivity index (χ4v) is 3.03. The first-order valence-electron chi connectivity index (χ1n) is 7.23. The molecule has 110 valence electrons. The second-order valence-electron chi connectivity index (χ2n) is 5.46. The molecule has 0 N–H and O–H groups in total. The zero-order chi connectivity index (χ0) is 15.5. The summed E-state index contributed by atoms with van der Waals surface area (Å²) in [5.74, 6) is 0.116. The van der Waals surface area contributed by atoms with E-state index in [9.17, 15) is 4.79 Å². The van der Waals surface area contributed by atoms with Crippen molar-refractivity contribution in [1.29, 1.82) is 0 Å². The molecule has 2 nitrogen and oxygen atoms in total. The lowest BCUT2D eigenvalue weighted by Gasteiger charge is -2.00. The number of Topliss-reactive ketones (excluding diaryl/α,β-unsaturated/α-hetero) is 1. The van der Waals surface area contributed by atoms with Gasteiger partial charge in [-0.15, -0.1) is 11.3 Å². The SMILES string of the molecule is Cc1ccc(C(=O)Cc2nc(-c3ccc(C)cc3)cs2)cc1. The van der Waals surface area contributed by atoms with Crippen LogP contribution in [0, 0.1) is 13.8 Å². The number of nitrogens with zero attached hydrogens (tertiary/aromatic N) is 1. The van der Waals surface area contributed by atoms with Gasteiger partial charge >= 0.3 is 0 Å². The first-order valence-corrected chi connectivity index (χ1v) is 8.11. The Balaban J connectivity index is 1.75. The number of benzene rings is 2. The van der Waals surface area contributed by atoms with Crippen LogP contribution in [0.25, 0.3) is 11.3 Å². The number of thiazole rings is 1. The third-order valence-electron chi connectivity index (χ3n) is 3.58. The minimum absolute atomic E-state index is 0.116. The lowest BCUT2D eigenvalue weighted by molar-refractivity contribution is 0.0993. The van der Waals surface area contributed by atoms with Crippen molar-refractivity contribution >= 4 is 17.1 Å². The Morgan fingerprint density at radius 1 is 0.955 bits per heavy atom. The Hall–Kier alpha value is -2.26. The normalized spacial score (nSPS) is 10.6. The molecule has 0 spiro atoms. The first-order chi connectivity index (χ1) is 10.6. The topological polar surface area (TPSA) is 30.0 Å². The molecule has 22 heavy (non-hydrogen) atoms. The summed E-state index contributed by atoms with van der Waals surface area (Å²) >= 11 is 1.54. The van der Waals surface area contributed by atoms with Gasteiger partial charge in [-0.3, -0.25) is 4.79 Å². The molecule has 0 saturated carbocycles. The highest BCUT2D eigenvalue weighted by Crippen LogP contribution is 2.23. The molecule has 1 heterocycles. The van der Waals surface area contributed by atoms with Crippen molar-refractivity contribution in [2.24, 2.45) is 0 Å². The fourth-order valence-electron chi connectivity index (χ4n) is 2.23. The minimum Gasteiger partial charge on any atom is -0.294 e. The van der Waals surface area contributed by atoms with Crippen LogP contribution in [0.2, 0.25) is 0 Å². The highest BCUT2D eigenvalue weighted by atomic mass is 32.1. The van der Waals surface area contributed by atoms with Crippen LogP contribution < -0.4 is 0 Å². The molecular weight excluding hydrogens is 290 g/mol. The Bertz CT molecular complexity index is 785. The number of aromatic nitrogens is 1. The van der Waals surface area contributed by atoms with E-state index in [4.69, 9.17) is 0 Å². The molecule has 0 amide bonds. The molecular formula is C19H17NOS. The average Bonchev–Trinajstić information content (AvgIpc) is 2.97. The molecule has 0 unspecified atom stereocenters. The molecule has 0 bridgehead atoms. The van der Waals surface area contributed by atoms with E-state index in [-0.39, 0.29) is 5.78 Å². The smallest absolute Gasteiger partial charge is 0.169 e. The Labute approximate surface area is 134 Å². The van der Waals surface area contributed by atoms with E-state index >= 15 is 0 Å². The van der Waals surface area contributed by atoms with Crippen LogP contribution in [0.4, 0.5) is 0 Å². The number of carbonyl (C=O) groups excluding carboxylic acids is 1. The molecule has 0 radical (unpaired) electrons. The van der Waals surface area contributed by atoms with Crippen LogP contribution >= 0.6 is 11.3 Å². The Morgan fingerprint density at radius 3 is 2.18 bits per heavy atom. The van der Waals surface area contributed by atoms with Gasteiger partial charge in [0.25, 0.3) is 0 Å². The monoisotopic (exact) mass is 307 g/mol. The van der Waals surface area contributed by atoms with Gasteiger partial charge in [-0.1, -0.05) is 59.7 Å². The van der Waals surface area contributed by atoms with E-state index in [0.29, 0.717) is 6.42 Å². The van der Waals surface area contributed by atoms with E-state index in [0.717, 1.165) is 27.4 Å². The summed E-state index contributed by atoms with van der Waals surface area (Å²) in [6.45, 7) is 4.08. The van der Waals surface area contributed by atoms with Crippen molar-refractivity contribution in [2.45, 2.75) is 20.3 Å². The van der Waals surface area contributed by atoms with Crippen LogP contribution in [-0.2, 0) is 6.42 Å². The lowest BCUT2D eigenvalue weighted by Crippen LogP contribution is -2.03.